The molecule has 104 valence electrons. The molecule has 4 nitrogen and oxygen atoms in total. The van der Waals surface area contributed by atoms with E-state index in [2.05, 4.69) is 5.32 Å². The summed E-state index contributed by atoms with van der Waals surface area (Å²) in [6, 6.07) is 7.36. The molecule has 1 unspecified atom stereocenters. The molecule has 0 radical (unpaired) electrons. The minimum atomic E-state index is -0.0686. The summed E-state index contributed by atoms with van der Waals surface area (Å²) in [7, 11) is 1.63. The number of nitrogens with one attached hydrogen (secondary N) is 1. The zero-order valence-electron chi connectivity index (χ0n) is 11.4. The fraction of sp³-hybridized carbons (Fsp3) is 0.533. The summed E-state index contributed by atoms with van der Waals surface area (Å²) < 4.78 is 10.6. The van der Waals surface area contributed by atoms with Crippen molar-refractivity contribution in [2.24, 2.45) is 0 Å². The van der Waals surface area contributed by atoms with Crippen LogP contribution in [0.5, 0.6) is 5.75 Å². The zero-order valence-corrected chi connectivity index (χ0v) is 11.4. The first-order valence-corrected chi connectivity index (χ1v) is 6.81. The second-order valence-electron chi connectivity index (χ2n) is 4.70. The zero-order chi connectivity index (χ0) is 13.5. The number of methoxy groups -OCH3 is 1. The standard InChI is InChI=1S/C15H21NO3/c1-18-10-11-19-14-8-3-2-6-12(14)15(17)13-7-4-5-9-16-13/h2-3,6,8,13,16H,4-5,7,9-11H2,1H3. The van der Waals surface area contributed by atoms with Crippen LogP contribution in [0.4, 0.5) is 0 Å². The van der Waals surface area contributed by atoms with Crippen molar-refractivity contribution in [1.82, 2.24) is 5.32 Å². The van der Waals surface area contributed by atoms with E-state index in [4.69, 9.17) is 9.47 Å². The molecular weight excluding hydrogens is 242 g/mol. The van der Waals surface area contributed by atoms with Gasteiger partial charge in [0.2, 0.25) is 0 Å². The van der Waals surface area contributed by atoms with Gasteiger partial charge in [-0.2, -0.15) is 0 Å². The lowest BCUT2D eigenvalue weighted by molar-refractivity contribution is 0.0919. The van der Waals surface area contributed by atoms with Gasteiger partial charge in [-0.05, 0) is 31.5 Å². The third-order valence-corrected chi connectivity index (χ3v) is 3.32. The van der Waals surface area contributed by atoms with Crippen LogP contribution in [-0.2, 0) is 4.74 Å². The Morgan fingerprint density at radius 3 is 2.89 bits per heavy atom. The molecule has 0 saturated carbocycles. The normalized spacial score (nSPS) is 19.1. The van der Waals surface area contributed by atoms with Crippen LogP contribution in [0.3, 0.4) is 0 Å². The molecule has 1 N–H and O–H groups in total. The fourth-order valence-electron chi connectivity index (χ4n) is 2.29. The number of rotatable bonds is 6. The quantitative estimate of drug-likeness (QED) is 0.630. The van der Waals surface area contributed by atoms with Crippen LogP contribution in [0.15, 0.2) is 24.3 Å². The molecule has 0 spiro atoms. The van der Waals surface area contributed by atoms with Gasteiger partial charge in [-0.3, -0.25) is 4.79 Å². The smallest absolute Gasteiger partial charge is 0.183 e. The summed E-state index contributed by atoms with van der Waals surface area (Å²) >= 11 is 0. The Bertz CT molecular complexity index is 414. The molecule has 19 heavy (non-hydrogen) atoms. The third-order valence-electron chi connectivity index (χ3n) is 3.32. The van der Waals surface area contributed by atoms with Gasteiger partial charge in [-0.25, -0.2) is 0 Å². The second kappa shape index (κ2) is 7.26. The SMILES string of the molecule is COCCOc1ccccc1C(=O)C1CCCCN1. The van der Waals surface area contributed by atoms with Crippen LogP contribution in [0.1, 0.15) is 29.6 Å². The Kier molecular flexibility index (Phi) is 5.36. The number of carbonyl (C=O) groups is 1. The summed E-state index contributed by atoms with van der Waals surface area (Å²) in [5.74, 6) is 0.782. The molecule has 1 aliphatic heterocycles. The highest BCUT2D eigenvalue weighted by Gasteiger charge is 2.24. The van der Waals surface area contributed by atoms with E-state index in [-0.39, 0.29) is 11.8 Å². The highest BCUT2D eigenvalue weighted by molar-refractivity contribution is 6.02. The van der Waals surface area contributed by atoms with Gasteiger partial charge in [0.15, 0.2) is 5.78 Å². The number of Topliss-reactive ketones (excluding diaryl/α,β-unsaturated/α-hetero) is 1. The molecule has 1 saturated heterocycles. The van der Waals surface area contributed by atoms with Crippen molar-refractivity contribution in [3.63, 3.8) is 0 Å². The molecular formula is C15H21NO3. The summed E-state index contributed by atoms with van der Waals surface area (Å²) in [5.41, 5.74) is 0.665. The van der Waals surface area contributed by atoms with Gasteiger partial charge in [-0.1, -0.05) is 18.6 Å². The van der Waals surface area contributed by atoms with E-state index in [1.165, 1.54) is 0 Å². The molecule has 4 heteroatoms. The maximum Gasteiger partial charge on any atom is 0.183 e. The molecule has 1 aromatic carbocycles. The number of hydrogen-bond acceptors (Lipinski definition) is 4. The Morgan fingerprint density at radius 1 is 1.32 bits per heavy atom. The number of carbonyl (C=O) groups excluding carboxylic acids is 1. The number of benzene rings is 1. The fourth-order valence-corrected chi connectivity index (χ4v) is 2.29. The molecule has 2 rings (SSSR count). The van der Waals surface area contributed by atoms with Crippen molar-refractivity contribution in [1.29, 1.82) is 0 Å². The maximum atomic E-state index is 12.5. The van der Waals surface area contributed by atoms with Crippen LogP contribution in [0.25, 0.3) is 0 Å². The minimum absolute atomic E-state index is 0.0686. The largest absolute Gasteiger partial charge is 0.490 e. The van der Waals surface area contributed by atoms with Crippen LogP contribution >= 0.6 is 0 Å². The molecule has 1 fully saturated rings. The first kappa shape index (κ1) is 14.0. The van der Waals surface area contributed by atoms with Crippen molar-refractivity contribution < 1.29 is 14.3 Å². The topological polar surface area (TPSA) is 47.6 Å². The van der Waals surface area contributed by atoms with Crippen molar-refractivity contribution in [3.8, 4) is 5.75 Å². The van der Waals surface area contributed by atoms with Crippen molar-refractivity contribution in [2.75, 3.05) is 26.9 Å². The third kappa shape index (κ3) is 3.78. The van der Waals surface area contributed by atoms with E-state index < -0.39 is 0 Å². The molecule has 1 aliphatic rings. The van der Waals surface area contributed by atoms with Crippen LogP contribution in [0.2, 0.25) is 0 Å². The average Bonchev–Trinajstić information content (AvgIpc) is 2.48. The number of hydrogen-bond donors (Lipinski definition) is 1. The van der Waals surface area contributed by atoms with Crippen LogP contribution in [-0.4, -0.2) is 38.7 Å². The molecule has 0 amide bonds. The number of ether oxygens (including phenoxy) is 2. The van der Waals surface area contributed by atoms with Gasteiger partial charge >= 0.3 is 0 Å². The van der Waals surface area contributed by atoms with E-state index in [0.717, 1.165) is 25.8 Å². The van der Waals surface area contributed by atoms with Crippen LogP contribution < -0.4 is 10.1 Å². The van der Waals surface area contributed by atoms with Gasteiger partial charge in [0.25, 0.3) is 0 Å². The molecule has 1 atom stereocenters. The number of piperidine rings is 1. The predicted octanol–water partition coefficient (Wildman–Crippen LogP) is 2.04. The first-order valence-electron chi connectivity index (χ1n) is 6.81. The number of para-hydroxylation sites is 1. The first-order chi connectivity index (χ1) is 9.33. The van der Waals surface area contributed by atoms with Gasteiger partial charge in [0.1, 0.15) is 12.4 Å². The maximum absolute atomic E-state index is 12.5. The van der Waals surface area contributed by atoms with E-state index in [1.807, 2.05) is 24.3 Å². The van der Waals surface area contributed by atoms with Crippen molar-refractivity contribution >= 4 is 5.78 Å². The Hall–Kier alpha value is -1.39. The average molecular weight is 263 g/mol. The highest BCUT2D eigenvalue weighted by atomic mass is 16.5. The summed E-state index contributed by atoms with van der Waals surface area (Å²) in [5, 5.41) is 3.28. The molecule has 0 aromatic heterocycles. The Balaban J connectivity index is 2.07. The number of ketones is 1. The van der Waals surface area contributed by atoms with Crippen LogP contribution in [0, 0.1) is 0 Å². The van der Waals surface area contributed by atoms with Crippen molar-refractivity contribution in [3.05, 3.63) is 29.8 Å². The lowest BCUT2D eigenvalue weighted by atomic mass is 9.96. The lowest BCUT2D eigenvalue weighted by Gasteiger charge is -2.23. The van der Waals surface area contributed by atoms with Gasteiger partial charge in [0.05, 0.1) is 18.2 Å². The van der Waals surface area contributed by atoms with Crippen molar-refractivity contribution in [2.45, 2.75) is 25.3 Å². The van der Waals surface area contributed by atoms with E-state index in [1.54, 1.807) is 7.11 Å². The van der Waals surface area contributed by atoms with Gasteiger partial charge < -0.3 is 14.8 Å². The van der Waals surface area contributed by atoms with E-state index in [0.29, 0.717) is 24.5 Å². The monoisotopic (exact) mass is 263 g/mol. The highest BCUT2D eigenvalue weighted by Crippen LogP contribution is 2.22. The summed E-state index contributed by atoms with van der Waals surface area (Å²) in [6.45, 7) is 1.90. The second-order valence-corrected chi connectivity index (χ2v) is 4.70. The molecule has 1 aromatic rings. The molecule has 0 bridgehead atoms. The van der Waals surface area contributed by atoms with E-state index in [9.17, 15) is 4.79 Å². The lowest BCUT2D eigenvalue weighted by Crippen LogP contribution is -2.40. The summed E-state index contributed by atoms with van der Waals surface area (Å²) in [6.07, 6.45) is 3.16. The van der Waals surface area contributed by atoms with Gasteiger partial charge in [0, 0.05) is 7.11 Å². The van der Waals surface area contributed by atoms with E-state index >= 15 is 0 Å². The minimum Gasteiger partial charge on any atom is -0.490 e. The van der Waals surface area contributed by atoms with Gasteiger partial charge in [-0.15, -0.1) is 0 Å². The Morgan fingerprint density at radius 2 is 2.16 bits per heavy atom. The predicted molar refractivity (Wildman–Crippen MR) is 73.8 cm³/mol. The summed E-state index contributed by atoms with van der Waals surface area (Å²) in [4.78, 5) is 12.5. The Labute approximate surface area is 114 Å². The molecule has 1 heterocycles. The molecule has 0 aliphatic carbocycles.